The summed E-state index contributed by atoms with van der Waals surface area (Å²) in [6, 6.07) is 3.73. The van der Waals surface area contributed by atoms with Crippen molar-refractivity contribution in [2.45, 2.75) is 20.3 Å². The van der Waals surface area contributed by atoms with Crippen molar-refractivity contribution in [3.8, 4) is 5.75 Å². The van der Waals surface area contributed by atoms with Gasteiger partial charge in [0, 0.05) is 6.07 Å². The number of carbonyl (C=O) groups is 2. The highest BCUT2D eigenvalue weighted by Gasteiger charge is 2.22. The van der Waals surface area contributed by atoms with E-state index in [-0.39, 0.29) is 22.7 Å². The highest BCUT2D eigenvalue weighted by Crippen LogP contribution is 2.28. The molecule has 0 radical (unpaired) electrons. The highest BCUT2D eigenvalue weighted by atomic mass is 16.6. The number of rotatable bonds is 7. The number of esters is 1. The summed E-state index contributed by atoms with van der Waals surface area (Å²) in [5.74, 6) is -0.921. The largest absolute Gasteiger partial charge is 0.494 e. The minimum absolute atomic E-state index is 0.113. The molecule has 10 heteroatoms. The van der Waals surface area contributed by atoms with Crippen molar-refractivity contribution in [3.63, 3.8) is 0 Å². The molecule has 0 unspecified atom stereocenters. The number of hydrogen-bond donors (Lipinski definition) is 1. The van der Waals surface area contributed by atoms with Gasteiger partial charge in [-0.25, -0.2) is 4.79 Å². The summed E-state index contributed by atoms with van der Waals surface area (Å²) in [6.45, 7) is 2.83. The predicted octanol–water partition coefficient (Wildman–Crippen LogP) is 2.26. The van der Waals surface area contributed by atoms with Crippen molar-refractivity contribution < 1.29 is 28.5 Å². The number of hydrogen-bond acceptors (Lipinski definition) is 8. The third kappa shape index (κ3) is 4.15. The van der Waals surface area contributed by atoms with Gasteiger partial charge in [-0.15, -0.1) is 0 Å². The Morgan fingerprint density at radius 1 is 1.38 bits per heavy atom. The molecule has 1 aromatic carbocycles. The van der Waals surface area contributed by atoms with Gasteiger partial charge in [0.05, 0.1) is 29.5 Å². The number of nitro benzene ring substituents is 1. The number of amides is 1. The van der Waals surface area contributed by atoms with E-state index in [0.717, 1.165) is 0 Å². The average molecular weight is 363 g/mol. The minimum Gasteiger partial charge on any atom is -0.494 e. The standard InChI is InChI=1S/C16H17N3O7/c1-4-11-15(9(2)26-18-11)16(21)25-8-14(20)17-12-6-5-10(19(22)23)7-13(12)24-3/h5-7H,4,8H2,1-3H3,(H,17,20). The summed E-state index contributed by atoms with van der Waals surface area (Å²) >= 11 is 0. The maximum atomic E-state index is 12.1. The molecule has 1 aromatic heterocycles. The first kappa shape index (κ1) is 18.9. The number of ether oxygens (including phenoxy) is 2. The molecule has 0 bridgehead atoms. The Kier molecular flexibility index (Phi) is 5.89. The van der Waals surface area contributed by atoms with Crippen molar-refractivity contribution in [3.05, 3.63) is 45.3 Å². The second-order valence-electron chi connectivity index (χ2n) is 5.18. The molecule has 0 aliphatic rings. The lowest BCUT2D eigenvalue weighted by molar-refractivity contribution is -0.384. The summed E-state index contributed by atoms with van der Waals surface area (Å²) in [5.41, 5.74) is 0.689. The lowest BCUT2D eigenvalue weighted by Crippen LogP contribution is -2.21. The van der Waals surface area contributed by atoms with Crippen molar-refractivity contribution in [2.24, 2.45) is 0 Å². The van der Waals surface area contributed by atoms with E-state index in [1.165, 1.54) is 25.3 Å². The molecule has 0 atom stereocenters. The van der Waals surface area contributed by atoms with E-state index in [1.807, 2.05) is 6.92 Å². The van der Waals surface area contributed by atoms with Crippen LogP contribution in [0.25, 0.3) is 0 Å². The van der Waals surface area contributed by atoms with Gasteiger partial charge in [-0.3, -0.25) is 14.9 Å². The first-order valence-corrected chi connectivity index (χ1v) is 7.61. The second-order valence-corrected chi connectivity index (χ2v) is 5.18. The van der Waals surface area contributed by atoms with Crippen LogP contribution >= 0.6 is 0 Å². The number of nitrogens with zero attached hydrogens (tertiary/aromatic N) is 2. The molecular weight excluding hydrogens is 346 g/mol. The van der Waals surface area contributed by atoms with Crippen LogP contribution in [0, 0.1) is 17.0 Å². The van der Waals surface area contributed by atoms with E-state index in [9.17, 15) is 19.7 Å². The first-order valence-electron chi connectivity index (χ1n) is 7.61. The van der Waals surface area contributed by atoms with Crippen LogP contribution in [0.2, 0.25) is 0 Å². The smallest absolute Gasteiger partial charge is 0.344 e. The summed E-state index contributed by atoms with van der Waals surface area (Å²) < 4.78 is 14.9. The molecule has 0 saturated carbocycles. The van der Waals surface area contributed by atoms with E-state index < -0.39 is 23.4 Å². The van der Waals surface area contributed by atoms with Gasteiger partial charge < -0.3 is 19.3 Å². The zero-order valence-corrected chi connectivity index (χ0v) is 14.4. The van der Waals surface area contributed by atoms with Gasteiger partial charge in [0.15, 0.2) is 6.61 Å². The molecule has 1 N–H and O–H groups in total. The maximum Gasteiger partial charge on any atom is 0.344 e. The molecule has 2 aromatic rings. The molecule has 0 saturated heterocycles. The van der Waals surface area contributed by atoms with Gasteiger partial charge in [0.1, 0.15) is 17.1 Å². The number of nitro groups is 1. The maximum absolute atomic E-state index is 12.1. The fourth-order valence-electron chi connectivity index (χ4n) is 2.21. The van der Waals surface area contributed by atoms with Gasteiger partial charge in [0.25, 0.3) is 11.6 Å². The van der Waals surface area contributed by atoms with E-state index in [4.69, 9.17) is 14.0 Å². The van der Waals surface area contributed by atoms with E-state index >= 15 is 0 Å². The van der Waals surface area contributed by atoms with E-state index in [2.05, 4.69) is 10.5 Å². The van der Waals surface area contributed by atoms with E-state index in [0.29, 0.717) is 17.9 Å². The summed E-state index contributed by atoms with van der Waals surface area (Å²) in [4.78, 5) is 34.3. The molecule has 138 valence electrons. The van der Waals surface area contributed by atoms with Gasteiger partial charge in [-0.1, -0.05) is 12.1 Å². The Bertz CT molecular complexity index is 844. The van der Waals surface area contributed by atoms with Crippen LogP contribution in [-0.4, -0.2) is 35.7 Å². The molecule has 2 rings (SSSR count). The fraction of sp³-hybridized carbons (Fsp3) is 0.312. The first-order chi connectivity index (χ1) is 12.4. The van der Waals surface area contributed by atoms with Crippen molar-refractivity contribution in [1.82, 2.24) is 5.16 Å². The number of anilines is 1. The molecule has 10 nitrogen and oxygen atoms in total. The van der Waals surface area contributed by atoms with Gasteiger partial charge in [-0.05, 0) is 19.4 Å². The number of nitrogens with one attached hydrogen (secondary N) is 1. The Morgan fingerprint density at radius 3 is 2.73 bits per heavy atom. The average Bonchev–Trinajstić information content (AvgIpc) is 3.00. The molecule has 0 fully saturated rings. The van der Waals surface area contributed by atoms with Crippen molar-refractivity contribution in [2.75, 3.05) is 19.0 Å². The lowest BCUT2D eigenvalue weighted by Gasteiger charge is -2.10. The Morgan fingerprint density at radius 2 is 2.12 bits per heavy atom. The SMILES string of the molecule is CCc1noc(C)c1C(=O)OCC(=O)Nc1ccc([N+](=O)[O-])cc1OC. The molecule has 0 aliphatic heterocycles. The zero-order chi connectivity index (χ0) is 19.3. The highest BCUT2D eigenvalue weighted by molar-refractivity contribution is 5.97. The zero-order valence-electron chi connectivity index (χ0n) is 14.4. The van der Waals surface area contributed by atoms with Crippen LogP contribution in [0.15, 0.2) is 22.7 Å². The van der Waals surface area contributed by atoms with Crippen LogP contribution in [0.1, 0.15) is 28.7 Å². The molecular formula is C16H17N3O7. The Balaban J connectivity index is 2.02. The minimum atomic E-state index is -0.716. The normalized spacial score (nSPS) is 10.3. The monoisotopic (exact) mass is 363 g/mol. The van der Waals surface area contributed by atoms with Crippen LogP contribution in [-0.2, 0) is 16.0 Å². The Labute approximate surface area is 148 Å². The molecule has 1 amide bonds. The molecule has 0 spiro atoms. The molecule has 0 aliphatic carbocycles. The predicted molar refractivity (Wildman–Crippen MR) is 89.2 cm³/mol. The quantitative estimate of drug-likeness (QED) is 0.450. The summed E-state index contributed by atoms with van der Waals surface area (Å²) in [5, 5.41) is 17.0. The third-order valence-corrected chi connectivity index (χ3v) is 3.48. The van der Waals surface area contributed by atoms with E-state index in [1.54, 1.807) is 6.92 Å². The number of aryl methyl sites for hydroxylation is 2. The number of non-ortho nitro benzene ring substituents is 1. The van der Waals surface area contributed by atoms with Crippen molar-refractivity contribution >= 4 is 23.3 Å². The van der Waals surface area contributed by atoms with Crippen molar-refractivity contribution in [1.29, 1.82) is 0 Å². The van der Waals surface area contributed by atoms with Gasteiger partial charge in [0.2, 0.25) is 0 Å². The lowest BCUT2D eigenvalue weighted by atomic mass is 10.1. The number of methoxy groups -OCH3 is 1. The topological polar surface area (TPSA) is 134 Å². The summed E-state index contributed by atoms with van der Waals surface area (Å²) in [7, 11) is 1.32. The van der Waals surface area contributed by atoms with Crippen LogP contribution in [0.5, 0.6) is 5.75 Å². The molecule has 26 heavy (non-hydrogen) atoms. The second kappa shape index (κ2) is 8.10. The van der Waals surface area contributed by atoms with Gasteiger partial charge in [-0.2, -0.15) is 0 Å². The number of carbonyl (C=O) groups excluding carboxylic acids is 2. The fourth-order valence-corrected chi connectivity index (χ4v) is 2.21. The Hall–Kier alpha value is -3.43. The van der Waals surface area contributed by atoms with Crippen LogP contribution < -0.4 is 10.1 Å². The van der Waals surface area contributed by atoms with Crippen LogP contribution in [0.4, 0.5) is 11.4 Å². The number of aromatic nitrogens is 1. The van der Waals surface area contributed by atoms with Gasteiger partial charge >= 0.3 is 5.97 Å². The number of benzene rings is 1. The third-order valence-electron chi connectivity index (χ3n) is 3.48. The molecule has 1 heterocycles. The van der Waals surface area contributed by atoms with Crippen LogP contribution in [0.3, 0.4) is 0 Å². The summed E-state index contributed by atoms with van der Waals surface area (Å²) in [6.07, 6.45) is 0.480.